The van der Waals surface area contributed by atoms with Gasteiger partial charge in [0.05, 0.1) is 5.57 Å². The molecule has 3 unspecified atom stereocenters. The van der Waals surface area contributed by atoms with E-state index in [4.69, 9.17) is 10.5 Å². The molecule has 1 aliphatic carbocycles. The topological polar surface area (TPSA) is 69.4 Å². The van der Waals surface area contributed by atoms with Gasteiger partial charge in [0.25, 0.3) is 0 Å². The lowest BCUT2D eigenvalue weighted by Gasteiger charge is -2.36. The van der Waals surface area contributed by atoms with E-state index in [1.165, 1.54) is 0 Å². The summed E-state index contributed by atoms with van der Waals surface area (Å²) in [5.41, 5.74) is 7.28. The van der Waals surface area contributed by atoms with Crippen molar-refractivity contribution in [1.29, 1.82) is 0 Å². The van der Waals surface area contributed by atoms with Gasteiger partial charge in [0.15, 0.2) is 11.5 Å². The first-order valence-corrected chi connectivity index (χ1v) is 6.37. The highest BCUT2D eigenvalue weighted by atomic mass is 16.5. The van der Waals surface area contributed by atoms with Crippen LogP contribution in [-0.2, 0) is 4.74 Å². The fourth-order valence-electron chi connectivity index (χ4n) is 2.64. The highest BCUT2D eigenvalue weighted by molar-refractivity contribution is 6.26. The minimum atomic E-state index is -0.455. The van der Waals surface area contributed by atoms with Gasteiger partial charge in [0, 0.05) is 23.1 Å². The molecule has 1 heterocycles. The molecule has 1 aromatic rings. The molecule has 0 spiro atoms. The molecule has 2 N–H and O–H groups in total. The minimum absolute atomic E-state index is 0.000706. The Morgan fingerprint density at radius 3 is 2.26 bits per heavy atom. The molecule has 98 valence electrons. The Morgan fingerprint density at radius 1 is 1.05 bits per heavy atom. The first kappa shape index (κ1) is 12.1. The number of rotatable bonds is 0. The van der Waals surface area contributed by atoms with Crippen molar-refractivity contribution in [2.75, 3.05) is 0 Å². The van der Waals surface area contributed by atoms with Crippen LogP contribution < -0.4 is 5.73 Å². The van der Waals surface area contributed by atoms with Gasteiger partial charge < -0.3 is 10.5 Å². The van der Waals surface area contributed by atoms with Crippen molar-refractivity contribution in [3.8, 4) is 0 Å². The van der Waals surface area contributed by atoms with E-state index in [1.807, 2.05) is 13.8 Å². The molecular formula is C15H15NO3. The van der Waals surface area contributed by atoms with Crippen molar-refractivity contribution in [3.05, 3.63) is 46.7 Å². The van der Waals surface area contributed by atoms with Crippen LogP contribution in [0, 0.1) is 5.92 Å². The second-order valence-electron chi connectivity index (χ2n) is 5.15. The van der Waals surface area contributed by atoms with Gasteiger partial charge in [-0.15, -0.1) is 0 Å². The Balaban J connectivity index is 2.20. The number of ketones is 2. The zero-order valence-electron chi connectivity index (χ0n) is 10.8. The molecule has 0 amide bonds. The maximum Gasteiger partial charge on any atom is 0.228 e. The van der Waals surface area contributed by atoms with Gasteiger partial charge in [-0.3, -0.25) is 9.59 Å². The highest BCUT2D eigenvalue weighted by Crippen LogP contribution is 2.35. The third-order valence-electron chi connectivity index (χ3n) is 4.06. The lowest BCUT2D eigenvalue weighted by atomic mass is 9.78. The summed E-state index contributed by atoms with van der Waals surface area (Å²) in [6.45, 7) is 3.80. The van der Waals surface area contributed by atoms with E-state index in [1.54, 1.807) is 24.3 Å². The van der Waals surface area contributed by atoms with Gasteiger partial charge in [-0.1, -0.05) is 31.2 Å². The van der Waals surface area contributed by atoms with Gasteiger partial charge in [-0.05, 0) is 6.92 Å². The van der Waals surface area contributed by atoms with Crippen molar-refractivity contribution in [2.24, 2.45) is 11.7 Å². The standard InChI is InChI=1S/C15H15NO3/c1-7-8(2)19-15-11(12(7)16)13(17)9-5-3-4-6-10(9)14(15)18/h3-8,12H,16H2,1-2H3. The van der Waals surface area contributed by atoms with Crippen LogP contribution in [0.15, 0.2) is 35.6 Å². The summed E-state index contributed by atoms with van der Waals surface area (Å²) in [5.74, 6) is -0.279. The molecule has 4 heteroatoms. The lowest BCUT2D eigenvalue weighted by molar-refractivity contribution is 0.0434. The van der Waals surface area contributed by atoms with E-state index >= 15 is 0 Å². The normalized spacial score (nSPS) is 29.7. The van der Waals surface area contributed by atoms with Crippen LogP contribution in [0.4, 0.5) is 0 Å². The number of nitrogens with two attached hydrogens (primary N) is 1. The Hall–Kier alpha value is -1.94. The number of hydrogen-bond acceptors (Lipinski definition) is 4. The summed E-state index contributed by atoms with van der Waals surface area (Å²) < 4.78 is 5.64. The maximum atomic E-state index is 12.5. The molecule has 0 saturated carbocycles. The Morgan fingerprint density at radius 2 is 1.63 bits per heavy atom. The Bertz CT molecular complexity index is 618. The lowest BCUT2D eigenvalue weighted by Crippen LogP contribution is -2.47. The van der Waals surface area contributed by atoms with Crippen molar-refractivity contribution < 1.29 is 14.3 Å². The predicted octanol–water partition coefficient (Wildman–Crippen LogP) is 1.70. The molecule has 3 atom stereocenters. The molecule has 19 heavy (non-hydrogen) atoms. The quantitative estimate of drug-likeness (QED) is 0.768. The van der Waals surface area contributed by atoms with Crippen LogP contribution in [0.5, 0.6) is 0 Å². The second-order valence-corrected chi connectivity index (χ2v) is 5.15. The zero-order valence-corrected chi connectivity index (χ0v) is 10.8. The number of carbonyl (C=O) groups is 2. The monoisotopic (exact) mass is 257 g/mol. The third kappa shape index (κ3) is 1.56. The van der Waals surface area contributed by atoms with E-state index in [0.29, 0.717) is 16.7 Å². The predicted molar refractivity (Wildman–Crippen MR) is 69.8 cm³/mol. The van der Waals surface area contributed by atoms with Crippen LogP contribution in [0.3, 0.4) is 0 Å². The van der Waals surface area contributed by atoms with Crippen LogP contribution >= 0.6 is 0 Å². The molecule has 0 bridgehead atoms. The van der Waals surface area contributed by atoms with E-state index in [2.05, 4.69) is 0 Å². The van der Waals surface area contributed by atoms with E-state index in [0.717, 1.165) is 0 Å². The molecule has 0 saturated heterocycles. The first-order valence-electron chi connectivity index (χ1n) is 6.37. The highest BCUT2D eigenvalue weighted by Gasteiger charge is 2.43. The smallest absolute Gasteiger partial charge is 0.228 e. The average Bonchev–Trinajstić information content (AvgIpc) is 2.42. The van der Waals surface area contributed by atoms with Crippen LogP contribution in [-0.4, -0.2) is 23.7 Å². The van der Waals surface area contributed by atoms with E-state index in [-0.39, 0.29) is 29.3 Å². The minimum Gasteiger partial charge on any atom is -0.486 e. The first-order chi connectivity index (χ1) is 9.02. The van der Waals surface area contributed by atoms with Gasteiger partial charge in [-0.2, -0.15) is 0 Å². The summed E-state index contributed by atoms with van der Waals surface area (Å²) in [4.78, 5) is 24.9. The SMILES string of the molecule is CC1OC2=C(C(=O)c3ccccc3C2=O)C(N)C1C. The number of benzene rings is 1. The largest absolute Gasteiger partial charge is 0.486 e. The van der Waals surface area contributed by atoms with Crippen molar-refractivity contribution in [3.63, 3.8) is 0 Å². The van der Waals surface area contributed by atoms with Crippen molar-refractivity contribution in [2.45, 2.75) is 26.0 Å². The van der Waals surface area contributed by atoms with Gasteiger partial charge in [0.2, 0.25) is 5.78 Å². The number of Topliss-reactive ketones (excluding diaryl/α,β-unsaturated/α-hetero) is 2. The number of hydrogen-bond donors (Lipinski definition) is 1. The molecule has 0 radical (unpaired) electrons. The number of carbonyl (C=O) groups excluding carboxylic acids is 2. The molecule has 1 aliphatic heterocycles. The average molecular weight is 257 g/mol. The van der Waals surface area contributed by atoms with Crippen molar-refractivity contribution >= 4 is 11.6 Å². The van der Waals surface area contributed by atoms with Gasteiger partial charge in [0.1, 0.15) is 6.10 Å². The number of allylic oxidation sites excluding steroid dienone is 1. The number of fused-ring (bicyclic) bond motifs is 1. The van der Waals surface area contributed by atoms with E-state index in [9.17, 15) is 9.59 Å². The van der Waals surface area contributed by atoms with Gasteiger partial charge in [-0.25, -0.2) is 0 Å². The molecule has 4 nitrogen and oxygen atoms in total. The molecule has 3 rings (SSSR count). The molecule has 1 aromatic carbocycles. The van der Waals surface area contributed by atoms with E-state index < -0.39 is 6.04 Å². The fraction of sp³-hybridized carbons (Fsp3) is 0.333. The molecular weight excluding hydrogens is 242 g/mol. The second kappa shape index (κ2) is 4.03. The van der Waals surface area contributed by atoms with Gasteiger partial charge >= 0.3 is 0 Å². The summed E-state index contributed by atoms with van der Waals surface area (Å²) in [5, 5.41) is 0. The van der Waals surface area contributed by atoms with Crippen molar-refractivity contribution in [1.82, 2.24) is 0 Å². The Labute approximate surface area is 111 Å². The van der Waals surface area contributed by atoms with Crippen LogP contribution in [0.25, 0.3) is 0 Å². The summed E-state index contributed by atoms with van der Waals surface area (Å²) >= 11 is 0. The zero-order chi connectivity index (χ0) is 13.7. The summed E-state index contributed by atoms with van der Waals surface area (Å²) in [6.07, 6.45) is -0.171. The summed E-state index contributed by atoms with van der Waals surface area (Å²) in [6, 6.07) is 6.34. The Kier molecular flexibility index (Phi) is 2.57. The maximum absolute atomic E-state index is 12.5. The fourth-order valence-corrected chi connectivity index (χ4v) is 2.64. The summed E-state index contributed by atoms with van der Waals surface area (Å²) in [7, 11) is 0. The van der Waals surface area contributed by atoms with Crippen LogP contribution in [0.1, 0.15) is 34.6 Å². The van der Waals surface area contributed by atoms with Crippen LogP contribution in [0.2, 0.25) is 0 Å². The molecule has 0 fully saturated rings. The third-order valence-corrected chi connectivity index (χ3v) is 4.06. The number of ether oxygens (including phenoxy) is 1. The molecule has 2 aliphatic rings. The molecule has 0 aromatic heterocycles.